The molecular weight excluding hydrogens is 472 g/mol. The van der Waals surface area contributed by atoms with Crippen molar-refractivity contribution >= 4 is 0 Å². The maximum Gasteiger partial charge on any atom is 0.224 e. The summed E-state index contributed by atoms with van der Waals surface area (Å²) >= 11 is 0. The highest BCUT2D eigenvalue weighted by Gasteiger charge is 2.59. The van der Waals surface area contributed by atoms with Gasteiger partial charge in [-0.25, -0.2) is 0 Å². The Labute approximate surface area is 192 Å². The second kappa shape index (κ2) is 11.2. The van der Waals surface area contributed by atoms with E-state index in [1.54, 1.807) is 0 Å². The minimum atomic E-state index is -2.36. The summed E-state index contributed by atoms with van der Waals surface area (Å²) < 4.78 is 26.6. The largest absolute Gasteiger partial charge is 0.394 e. The fourth-order valence-electron chi connectivity index (χ4n) is 4.12. The molecule has 3 fully saturated rings. The van der Waals surface area contributed by atoms with E-state index in [2.05, 4.69) is 0 Å². The Kier molecular flexibility index (Phi) is 9.18. The Hall–Kier alpha value is -0.640. The van der Waals surface area contributed by atoms with Crippen LogP contribution < -0.4 is 0 Å². The van der Waals surface area contributed by atoms with Crippen molar-refractivity contribution in [2.45, 2.75) is 85.5 Å². The second-order valence-electron chi connectivity index (χ2n) is 8.37. The summed E-state index contributed by atoms with van der Waals surface area (Å²) in [7, 11) is 0. The van der Waals surface area contributed by atoms with E-state index in [0.29, 0.717) is 0 Å². The maximum atomic E-state index is 10.6. The zero-order chi connectivity index (χ0) is 25.4. The predicted molar refractivity (Wildman–Crippen MR) is 101 cm³/mol. The van der Waals surface area contributed by atoms with Gasteiger partial charge in [-0.1, -0.05) is 0 Å². The number of rotatable bonds is 8. The second-order valence-corrected chi connectivity index (χ2v) is 8.37. The first-order chi connectivity index (χ1) is 16.0. The van der Waals surface area contributed by atoms with E-state index in [1.165, 1.54) is 0 Å². The highest BCUT2D eigenvalue weighted by molar-refractivity contribution is 4.99. The molecule has 0 saturated carbocycles. The Morgan fingerprint density at radius 3 is 1.68 bits per heavy atom. The Morgan fingerprint density at radius 1 is 0.588 bits per heavy atom. The molecule has 0 aromatic carbocycles. The monoisotopic (exact) mass is 504 g/mol. The predicted octanol–water partition coefficient (Wildman–Crippen LogP) is -7.57. The van der Waals surface area contributed by atoms with Crippen LogP contribution in [0.4, 0.5) is 0 Å². The van der Waals surface area contributed by atoms with Crippen LogP contribution in [-0.4, -0.2) is 168 Å². The topological polar surface area (TPSA) is 269 Å². The van der Waals surface area contributed by atoms with Gasteiger partial charge in [0, 0.05) is 0 Å². The molecule has 11 N–H and O–H groups in total. The van der Waals surface area contributed by atoms with Crippen LogP contribution in [0.2, 0.25) is 0 Å². The lowest BCUT2D eigenvalue weighted by Gasteiger charge is -2.47. The van der Waals surface area contributed by atoms with Gasteiger partial charge in [0.15, 0.2) is 12.6 Å². The molecule has 3 rings (SSSR count). The number of hydrogen-bond donors (Lipinski definition) is 11. The van der Waals surface area contributed by atoms with Crippen molar-refractivity contribution in [3.63, 3.8) is 0 Å². The Bertz CT molecular complexity index is 651. The molecule has 34 heavy (non-hydrogen) atoms. The molecular formula is C18H32O16. The summed E-state index contributed by atoms with van der Waals surface area (Å²) in [5.41, 5.74) is 0. The molecule has 4 unspecified atom stereocenters. The summed E-state index contributed by atoms with van der Waals surface area (Å²) in [6.07, 6.45) is -22.0. The van der Waals surface area contributed by atoms with Gasteiger partial charge >= 0.3 is 0 Å². The first-order valence-electron chi connectivity index (χ1n) is 10.6. The number of hydrogen-bond acceptors (Lipinski definition) is 16. The van der Waals surface area contributed by atoms with E-state index < -0.39 is 112 Å². The molecule has 16 heteroatoms. The molecule has 0 spiro atoms. The standard InChI is InChI=1S/C18H32O16/c19-1-5-8(23)10(25)12(27)16(30-5)32-14-7(3-21)31-17(13(28)11(14)26)34-18(4-22)15(29)9(24)6(2-20)33-18/h5-17,19-29H,1-4H2/t5?,6-,7?,8-,9-,10+,11-,12?,13?,14-,15-,16+,17+,18+/m1/s1. The van der Waals surface area contributed by atoms with Gasteiger partial charge in [0.05, 0.1) is 19.8 Å². The van der Waals surface area contributed by atoms with Gasteiger partial charge in [-0.15, -0.1) is 0 Å². The lowest BCUT2D eigenvalue weighted by molar-refractivity contribution is -0.398. The molecule has 0 aromatic rings. The van der Waals surface area contributed by atoms with Gasteiger partial charge in [0.2, 0.25) is 5.79 Å². The number of aliphatic hydroxyl groups excluding tert-OH is 11. The van der Waals surface area contributed by atoms with Crippen LogP contribution in [0.15, 0.2) is 0 Å². The van der Waals surface area contributed by atoms with E-state index in [0.717, 1.165) is 0 Å². The van der Waals surface area contributed by atoms with Gasteiger partial charge in [-0.3, -0.25) is 0 Å². The molecule has 3 saturated heterocycles. The molecule has 3 aliphatic rings. The maximum absolute atomic E-state index is 10.6. The smallest absolute Gasteiger partial charge is 0.224 e. The molecule has 0 radical (unpaired) electrons. The number of aliphatic hydroxyl groups is 11. The molecule has 3 aliphatic heterocycles. The minimum Gasteiger partial charge on any atom is -0.394 e. The molecule has 0 bridgehead atoms. The van der Waals surface area contributed by atoms with Crippen LogP contribution in [0, 0.1) is 0 Å². The average molecular weight is 504 g/mol. The molecule has 0 amide bonds. The van der Waals surface area contributed by atoms with Crippen LogP contribution in [0.25, 0.3) is 0 Å². The van der Waals surface area contributed by atoms with Crippen LogP contribution in [0.3, 0.4) is 0 Å². The van der Waals surface area contributed by atoms with Crippen molar-refractivity contribution in [1.82, 2.24) is 0 Å². The highest BCUT2D eigenvalue weighted by Crippen LogP contribution is 2.37. The fraction of sp³-hybridized carbons (Fsp3) is 1.00. The van der Waals surface area contributed by atoms with E-state index in [9.17, 15) is 56.2 Å². The molecule has 14 atom stereocenters. The van der Waals surface area contributed by atoms with Crippen molar-refractivity contribution in [2.75, 3.05) is 26.4 Å². The van der Waals surface area contributed by atoms with Crippen LogP contribution >= 0.6 is 0 Å². The van der Waals surface area contributed by atoms with Crippen molar-refractivity contribution in [3.8, 4) is 0 Å². The Balaban J connectivity index is 1.74. The molecule has 0 aliphatic carbocycles. The Morgan fingerprint density at radius 2 is 1.15 bits per heavy atom. The minimum absolute atomic E-state index is 0.742. The molecule has 3 heterocycles. The summed E-state index contributed by atoms with van der Waals surface area (Å²) in [6.45, 7) is -3.39. The average Bonchev–Trinajstić information content (AvgIpc) is 3.08. The van der Waals surface area contributed by atoms with Gasteiger partial charge in [-0.05, 0) is 0 Å². The first kappa shape index (κ1) is 27.9. The van der Waals surface area contributed by atoms with Crippen molar-refractivity contribution in [1.29, 1.82) is 0 Å². The van der Waals surface area contributed by atoms with Gasteiger partial charge in [-0.2, -0.15) is 0 Å². The third kappa shape index (κ3) is 4.96. The summed E-state index contributed by atoms with van der Waals surface area (Å²) in [4.78, 5) is 0. The molecule has 16 nitrogen and oxygen atoms in total. The lowest BCUT2D eigenvalue weighted by Crippen LogP contribution is -2.66. The van der Waals surface area contributed by atoms with Gasteiger partial charge in [0.25, 0.3) is 0 Å². The van der Waals surface area contributed by atoms with Crippen LogP contribution in [-0.2, 0) is 23.7 Å². The van der Waals surface area contributed by atoms with Gasteiger partial charge in [0.1, 0.15) is 73.8 Å². The normalized spacial score (nSPS) is 52.1. The van der Waals surface area contributed by atoms with E-state index >= 15 is 0 Å². The zero-order valence-electron chi connectivity index (χ0n) is 17.8. The van der Waals surface area contributed by atoms with Gasteiger partial charge < -0.3 is 79.9 Å². The zero-order valence-corrected chi connectivity index (χ0v) is 17.8. The van der Waals surface area contributed by atoms with E-state index in [4.69, 9.17) is 23.7 Å². The SMILES string of the molecule is OCC1O[C@@H](O[C@@H]2C(CO)O[C@@H](O[C@]3(CO)O[C@H](CO)[C@@H](O)[C@H]3O)C(O)[C@H]2O)C(O)[C@@H](O)[C@@H]1O. The van der Waals surface area contributed by atoms with Crippen molar-refractivity contribution in [3.05, 3.63) is 0 Å². The third-order valence-electron chi connectivity index (χ3n) is 6.18. The van der Waals surface area contributed by atoms with E-state index in [1.807, 2.05) is 0 Å². The van der Waals surface area contributed by atoms with Crippen molar-refractivity contribution in [2.24, 2.45) is 0 Å². The summed E-state index contributed by atoms with van der Waals surface area (Å²) in [6, 6.07) is 0. The summed E-state index contributed by atoms with van der Waals surface area (Å²) in [5, 5.41) is 109. The third-order valence-corrected chi connectivity index (χ3v) is 6.18. The molecule has 0 aromatic heterocycles. The number of ether oxygens (including phenoxy) is 5. The van der Waals surface area contributed by atoms with Crippen LogP contribution in [0.1, 0.15) is 0 Å². The first-order valence-corrected chi connectivity index (χ1v) is 10.6. The van der Waals surface area contributed by atoms with Crippen LogP contribution in [0.5, 0.6) is 0 Å². The lowest BCUT2D eigenvalue weighted by atomic mass is 9.97. The van der Waals surface area contributed by atoms with E-state index in [-0.39, 0.29) is 0 Å². The highest BCUT2D eigenvalue weighted by atomic mass is 16.8. The fourth-order valence-corrected chi connectivity index (χ4v) is 4.12. The quantitative estimate of drug-likeness (QED) is 0.146. The van der Waals surface area contributed by atoms with Crippen molar-refractivity contribution < 1.29 is 79.9 Å². The summed E-state index contributed by atoms with van der Waals surface area (Å²) in [5.74, 6) is -2.36. The molecule has 200 valence electrons.